The van der Waals surface area contributed by atoms with Crippen molar-refractivity contribution in [2.45, 2.75) is 53.0 Å². The van der Waals surface area contributed by atoms with E-state index in [1.807, 2.05) is 7.05 Å². The predicted octanol–water partition coefficient (Wildman–Crippen LogP) is 3.56. The first kappa shape index (κ1) is 16.2. The van der Waals surface area contributed by atoms with Crippen LogP contribution in [-0.4, -0.2) is 19.6 Å². The van der Waals surface area contributed by atoms with Crippen LogP contribution >= 0.6 is 0 Å². The minimum atomic E-state index is 0.148. The zero-order valence-corrected chi connectivity index (χ0v) is 13.2. The van der Waals surface area contributed by atoms with Gasteiger partial charge in [0, 0.05) is 12.6 Å². The first-order chi connectivity index (χ1) is 9.03. The molecule has 0 aromatic heterocycles. The largest absolute Gasteiger partial charge is 0.323 e. The van der Waals surface area contributed by atoms with Crippen molar-refractivity contribution < 1.29 is 0 Å². The third kappa shape index (κ3) is 3.37. The summed E-state index contributed by atoms with van der Waals surface area (Å²) in [7, 11) is 2.00. The molecule has 0 aromatic carbocycles. The van der Waals surface area contributed by atoms with Crippen molar-refractivity contribution >= 4 is 0 Å². The van der Waals surface area contributed by atoms with Gasteiger partial charge in [0.25, 0.3) is 0 Å². The molecule has 1 aliphatic rings. The van der Waals surface area contributed by atoms with Crippen molar-refractivity contribution in [1.82, 2.24) is 5.32 Å². The number of nitrogens with one attached hydrogen (secondary N) is 1. The lowest BCUT2D eigenvalue weighted by atomic mass is 9.65. The van der Waals surface area contributed by atoms with Gasteiger partial charge in [0.15, 0.2) is 0 Å². The van der Waals surface area contributed by atoms with Crippen LogP contribution < -0.4 is 11.1 Å². The Bertz CT molecular complexity index is 390. The summed E-state index contributed by atoms with van der Waals surface area (Å²) in [5, 5.41) is 3.29. The van der Waals surface area contributed by atoms with Gasteiger partial charge in [0.2, 0.25) is 0 Å². The molecule has 0 amide bonds. The molecule has 0 bridgehead atoms. The molecule has 19 heavy (non-hydrogen) atoms. The minimum Gasteiger partial charge on any atom is -0.323 e. The summed E-state index contributed by atoms with van der Waals surface area (Å²) in [6.45, 7) is 9.74. The van der Waals surface area contributed by atoms with E-state index in [1.54, 1.807) is 0 Å². The van der Waals surface area contributed by atoms with E-state index in [1.165, 1.54) is 16.7 Å². The molecule has 2 nitrogen and oxygen atoms in total. The first-order valence-corrected chi connectivity index (χ1v) is 7.49. The molecular formula is C17H30N2. The minimum absolute atomic E-state index is 0.148. The Labute approximate surface area is 118 Å². The molecule has 1 rings (SSSR count). The van der Waals surface area contributed by atoms with Crippen LogP contribution in [0.3, 0.4) is 0 Å². The quantitative estimate of drug-likeness (QED) is 0.795. The van der Waals surface area contributed by atoms with E-state index in [0.29, 0.717) is 0 Å². The van der Waals surface area contributed by atoms with E-state index in [-0.39, 0.29) is 11.5 Å². The Balaban J connectivity index is 3.35. The van der Waals surface area contributed by atoms with E-state index >= 15 is 0 Å². The van der Waals surface area contributed by atoms with Crippen LogP contribution in [0.2, 0.25) is 0 Å². The summed E-state index contributed by atoms with van der Waals surface area (Å²) < 4.78 is 0. The fourth-order valence-electron chi connectivity index (χ4n) is 2.97. The summed E-state index contributed by atoms with van der Waals surface area (Å²) in [5.74, 6) is 0. The fraction of sp³-hybridized carbons (Fsp3) is 0.647. The number of hydrogen-bond acceptors (Lipinski definition) is 2. The van der Waals surface area contributed by atoms with Crippen LogP contribution in [0.4, 0.5) is 0 Å². The fourth-order valence-corrected chi connectivity index (χ4v) is 2.97. The molecule has 0 saturated heterocycles. The third-order valence-corrected chi connectivity index (χ3v) is 4.37. The standard InChI is InChI=1S/C17H30N2/c1-6-9-13-11-17(4,8-3)16(18)14(10-7-2)15(13)12-19-5/h6,9-10,16,19H,7-8,11-12,18H2,1-5H3/b9-6-,14-10-. The van der Waals surface area contributed by atoms with Gasteiger partial charge in [-0.2, -0.15) is 0 Å². The average molecular weight is 262 g/mol. The van der Waals surface area contributed by atoms with Crippen molar-refractivity contribution in [3.8, 4) is 0 Å². The summed E-state index contributed by atoms with van der Waals surface area (Å²) >= 11 is 0. The van der Waals surface area contributed by atoms with Crippen LogP contribution in [0, 0.1) is 5.41 Å². The molecule has 0 saturated carbocycles. The highest BCUT2D eigenvalue weighted by atomic mass is 14.8. The summed E-state index contributed by atoms with van der Waals surface area (Å²) in [5.41, 5.74) is 11.0. The second-order valence-corrected chi connectivity index (χ2v) is 5.76. The zero-order valence-electron chi connectivity index (χ0n) is 13.2. The lowest BCUT2D eigenvalue weighted by molar-refractivity contribution is 0.256. The second-order valence-electron chi connectivity index (χ2n) is 5.76. The highest BCUT2D eigenvalue weighted by molar-refractivity contribution is 5.48. The number of hydrogen-bond donors (Lipinski definition) is 2. The summed E-state index contributed by atoms with van der Waals surface area (Å²) in [4.78, 5) is 0. The number of allylic oxidation sites excluding steroid dienone is 4. The molecule has 1 aliphatic carbocycles. The molecule has 2 atom stereocenters. The highest BCUT2D eigenvalue weighted by Gasteiger charge is 2.38. The maximum absolute atomic E-state index is 6.58. The molecule has 0 heterocycles. The van der Waals surface area contributed by atoms with Crippen molar-refractivity contribution in [1.29, 1.82) is 0 Å². The Hall–Kier alpha value is -0.860. The molecule has 0 aromatic rings. The monoisotopic (exact) mass is 262 g/mol. The summed E-state index contributed by atoms with van der Waals surface area (Å²) in [6, 6.07) is 0.148. The Morgan fingerprint density at radius 2 is 2.11 bits per heavy atom. The van der Waals surface area contributed by atoms with Crippen LogP contribution in [0.1, 0.15) is 47.0 Å². The molecular weight excluding hydrogens is 232 g/mol. The van der Waals surface area contributed by atoms with E-state index in [0.717, 1.165) is 25.8 Å². The van der Waals surface area contributed by atoms with Gasteiger partial charge in [0.1, 0.15) is 0 Å². The van der Waals surface area contributed by atoms with Gasteiger partial charge in [0.05, 0.1) is 0 Å². The van der Waals surface area contributed by atoms with Crippen molar-refractivity contribution in [2.75, 3.05) is 13.6 Å². The maximum Gasteiger partial charge on any atom is 0.0352 e. The van der Waals surface area contributed by atoms with Gasteiger partial charge in [-0.25, -0.2) is 0 Å². The van der Waals surface area contributed by atoms with Gasteiger partial charge < -0.3 is 11.1 Å². The van der Waals surface area contributed by atoms with Crippen molar-refractivity contribution in [2.24, 2.45) is 11.1 Å². The molecule has 0 fully saturated rings. The first-order valence-electron chi connectivity index (χ1n) is 7.49. The molecule has 0 spiro atoms. The van der Waals surface area contributed by atoms with Crippen LogP contribution in [0.25, 0.3) is 0 Å². The molecule has 0 radical (unpaired) electrons. The number of rotatable bonds is 5. The van der Waals surface area contributed by atoms with Gasteiger partial charge in [-0.15, -0.1) is 0 Å². The Morgan fingerprint density at radius 1 is 1.42 bits per heavy atom. The van der Waals surface area contributed by atoms with Crippen molar-refractivity contribution in [3.05, 3.63) is 34.9 Å². The lowest BCUT2D eigenvalue weighted by Crippen LogP contribution is -2.45. The Kier molecular flexibility index (Phi) is 6.02. The topological polar surface area (TPSA) is 38.0 Å². The van der Waals surface area contributed by atoms with E-state index < -0.39 is 0 Å². The second kappa shape index (κ2) is 7.06. The molecule has 2 unspecified atom stereocenters. The van der Waals surface area contributed by atoms with Gasteiger partial charge >= 0.3 is 0 Å². The smallest absolute Gasteiger partial charge is 0.0352 e. The van der Waals surface area contributed by atoms with E-state index in [4.69, 9.17) is 5.73 Å². The molecule has 108 valence electrons. The highest BCUT2D eigenvalue weighted by Crippen LogP contribution is 2.43. The zero-order chi connectivity index (χ0) is 14.5. The third-order valence-electron chi connectivity index (χ3n) is 4.37. The average Bonchev–Trinajstić information content (AvgIpc) is 2.40. The normalized spacial score (nSPS) is 30.6. The van der Waals surface area contributed by atoms with Crippen LogP contribution in [0.15, 0.2) is 34.9 Å². The van der Waals surface area contributed by atoms with Crippen LogP contribution in [0.5, 0.6) is 0 Å². The number of nitrogens with two attached hydrogens (primary N) is 1. The lowest BCUT2D eigenvalue weighted by Gasteiger charge is -2.42. The van der Waals surface area contributed by atoms with E-state index in [2.05, 4.69) is 51.2 Å². The van der Waals surface area contributed by atoms with Gasteiger partial charge in [-0.05, 0) is 55.4 Å². The molecule has 2 heteroatoms. The Morgan fingerprint density at radius 3 is 2.58 bits per heavy atom. The van der Waals surface area contributed by atoms with E-state index in [9.17, 15) is 0 Å². The molecule has 3 N–H and O–H groups in total. The predicted molar refractivity (Wildman–Crippen MR) is 85.1 cm³/mol. The molecule has 0 aliphatic heterocycles. The SMILES string of the molecule is C/C=C\C1=C(CNC)C(=C/CC)/C(N)C(C)(CC)C1. The van der Waals surface area contributed by atoms with Crippen LogP contribution in [-0.2, 0) is 0 Å². The van der Waals surface area contributed by atoms with Crippen molar-refractivity contribution in [3.63, 3.8) is 0 Å². The summed E-state index contributed by atoms with van der Waals surface area (Å²) in [6.07, 6.45) is 9.95. The van der Waals surface area contributed by atoms with Gasteiger partial charge in [-0.1, -0.05) is 39.0 Å². The maximum atomic E-state index is 6.58. The number of likely N-dealkylation sites (N-methyl/N-ethyl adjacent to an activating group) is 1. The van der Waals surface area contributed by atoms with Gasteiger partial charge in [-0.3, -0.25) is 0 Å².